The number of aliphatic carboxylic acids is 1. The standard InChI is InChI=1S/C20H10ClF5N4O2.C19H10ClF5N4O.C2H6O3.C2H4O2.2CH4/c21-13-5-2-6-14(23)15(13)16-17(27-9-31)18(32-29-16)12-8-30(28-19(12)20(24,25)26)11-4-1-3-10(22)7-11;20-12-5-2-6-13(22)14(12)16-15(26)17(30-28-16)11-8-29(27-18(11)19(23,24)25)10-4-1-3-9(21)7-10;1-5-2(3)4;1-2(3)4;;/h1-9H,(H,27,31);1-8H,26H2;2-4H,1H3;1H3,(H,3,4);2*1H4. The van der Waals surface area contributed by atoms with Crippen molar-refractivity contribution in [2.75, 3.05) is 18.2 Å². The molecule has 8 aromatic rings. The number of nitrogens with zero attached hydrogens (tertiary/aromatic N) is 6. The molecule has 28 heteroatoms. The lowest BCUT2D eigenvalue weighted by molar-refractivity contribution is -0.218. The van der Waals surface area contributed by atoms with Crippen LogP contribution in [0.4, 0.5) is 55.3 Å². The second kappa shape index (κ2) is 25.1. The monoisotopic (exact) mass is 1080 g/mol. The first-order valence-corrected chi connectivity index (χ1v) is 19.9. The number of hydrogen-bond donors (Lipinski definition) is 5. The molecule has 0 unspecified atom stereocenters. The van der Waals surface area contributed by atoms with Crippen molar-refractivity contribution < 1.29 is 82.6 Å². The summed E-state index contributed by atoms with van der Waals surface area (Å²) in [4.78, 5) is 20.2. The van der Waals surface area contributed by atoms with E-state index in [0.29, 0.717) is 0 Å². The maximum Gasteiger partial charge on any atom is 0.435 e. The Morgan fingerprint density at radius 2 is 1.11 bits per heavy atom. The highest BCUT2D eigenvalue weighted by Gasteiger charge is 2.41. The maximum absolute atomic E-state index is 14.4. The van der Waals surface area contributed by atoms with Crippen LogP contribution in [0.3, 0.4) is 0 Å². The molecule has 0 atom stereocenters. The highest BCUT2D eigenvalue weighted by Crippen LogP contribution is 2.46. The molecule has 4 aromatic heterocycles. The summed E-state index contributed by atoms with van der Waals surface area (Å²) < 4.78 is 153. The number of benzene rings is 4. The van der Waals surface area contributed by atoms with Gasteiger partial charge in [0, 0.05) is 26.4 Å². The normalized spacial score (nSPS) is 10.9. The number of aliphatic hydroxyl groups excluding tert-OH is 1. The number of carboxylic acid groups (broad SMARTS) is 1. The van der Waals surface area contributed by atoms with E-state index in [9.17, 15) is 48.7 Å². The first-order chi connectivity index (χ1) is 33.4. The van der Waals surface area contributed by atoms with E-state index < -0.39 is 82.1 Å². The van der Waals surface area contributed by atoms with Crippen LogP contribution in [0.15, 0.2) is 106 Å². The summed E-state index contributed by atoms with van der Waals surface area (Å²) >= 11 is 12.0. The number of carbonyl (C=O) groups is 2. The number of alkyl halides is 6. The summed E-state index contributed by atoms with van der Waals surface area (Å²) in [5, 5.41) is 39.1. The van der Waals surface area contributed by atoms with E-state index in [2.05, 4.69) is 30.6 Å². The number of anilines is 2. The number of ether oxygens (including phenoxy) is 1. The zero-order valence-electron chi connectivity index (χ0n) is 35.6. The van der Waals surface area contributed by atoms with Crippen LogP contribution in [0, 0.1) is 23.3 Å². The van der Waals surface area contributed by atoms with Crippen LogP contribution in [0.5, 0.6) is 0 Å². The predicted molar refractivity (Wildman–Crippen MR) is 245 cm³/mol. The zero-order chi connectivity index (χ0) is 52.5. The van der Waals surface area contributed by atoms with Crippen LogP contribution in [-0.4, -0.2) is 71.2 Å². The van der Waals surface area contributed by atoms with Crippen LogP contribution in [-0.2, 0) is 26.7 Å². The molecule has 0 aliphatic carbocycles. The first-order valence-electron chi connectivity index (χ1n) is 19.2. The van der Waals surface area contributed by atoms with Crippen LogP contribution in [0.25, 0.3) is 56.5 Å². The van der Waals surface area contributed by atoms with Crippen molar-refractivity contribution in [1.29, 1.82) is 0 Å². The molecule has 6 N–H and O–H groups in total. The lowest BCUT2D eigenvalue weighted by Gasteiger charge is -2.07. The molecule has 0 saturated heterocycles. The molecule has 0 fully saturated rings. The number of aliphatic hydroxyl groups is 2. The van der Waals surface area contributed by atoms with Gasteiger partial charge in [-0.05, 0) is 60.7 Å². The van der Waals surface area contributed by atoms with Gasteiger partial charge in [-0.3, -0.25) is 9.59 Å². The number of nitrogens with two attached hydrogens (primary N) is 1. The topological polar surface area (TPSA) is 230 Å². The van der Waals surface area contributed by atoms with Gasteiger partial charge in [-0.2, -0.15) is 36.5 Å². The molecule has 0 bridgehead atoms. The van der Waals surface area contributed by atoms with Gasteiger partial charge in [-0.15, -0.1) is 0 Å². The van der Waals surface area contributed by atoms with E-state index >= 15 is 0 Å². The molecule has 16 nitrogen and oxygen atoms in total. The number of amides is 1. The molecule has 0 saturated carbocycles. The Kier molecular flexibility index (Phi) is 20.4. The Hall–Kier alpha value is -7.78. The second-order valence-corrected chi connectivity index (χ2v) is 14.5. The van der Waals surface area contributed by atoms with Crippen molar-refractivity contribution in [2.24, 2.45) is 0 Å². The van der Waals surface area contributed by atoms with Gasteiger partial charge in [0.25, 0.3) is 12.4 Å². The van der Waals surface area contributed by atoms with Gasteiger partial charge < -0.3 is 40.2 Å². The fourth-order valence-corrected chi connectivity index (χ4v) is 6.46. The number of nitrogen functional groups attached to an aromatic ring is 1. The average molecular weight is 1080 g/mol. The number of hydrogen-bond acceptors (Lipinski definition) is 12. The number of nitrogens with one attached hydrogen (secondary N) is 1. The third kappa shape index (κ3) is 14.4. The fraction of sp³-hybridized carbons (Fsp3) is 0.156. The Morgan fingerprint density at radius 1 is 0.726 bits per heavy atom. The van der Waals surface area contributed by atoms with E-state index in [1.807, 2.05) is 0 Å². The highest BCUT2D eigenvalue weighted by atomic mass is 35.5. The largest absolute Gasteiger partial charge is 0.481 e. The summed E-state index contributed by atoms with van der Waals surface area (Å²) in [6, 6.07) is 17.1. The molecular formula is C45H38Cl2F10N8O8. The van der Waals surface area contributed by atoms with Crippen molar-refractivity contribution in [2.45, 2.75) is 40.6 Å². The molecule has 390 valence electrons. The Labute approximate surface area is 415 Å². The minimum absolute atomic E-state index is 0. The van der Waals surface area contributed by atoms with Gasteiger partial charge in [0.15, 0.2) is 22.9 Å². The van der Waals surface area contributed by atoms with Crippen LogP contribution >= 0.6 is 23.2 Å². The van der Waals surface area contributed by atoms with E-state index in [1.54, 1.807) is 0 Å². The molecule has 0 aliphatic heterocycles. The Balaban J connectivity index is 0.000000323. The smallest absolute Gasteiger partial charge is 0.435 e. The van der Waals surface area contributed by atoms with Crippen LogP contribution < -0.4 is 11.1 Å². The molecule has 1 amide bonds. The van der Waals surface area contributed by atoms with Gasteiger partial charge in [-0.25, -0.2) is 26.9 Å². The third-order valence-electron chi connectivity index (χ3n) is 8.83. The summed E-state index contributed by atoms with van der Waals surface area (Å²) in [5.41, 5.74) is 0.345. The van der Waals surface area contributed by atoms with Gasteiger partial charge in [0.1, 0.15) is 46.0 Å². The lowest BCUT2D eigenvalue weighted by Crippen LogP contribution is -2.09. The minimum Gasteiger partial charge on any atom is -0.481 e. The molecule has 0 spiro atoms. The maximum atomic E-state index is 14.4. The fourth-order valence-electron chi connectivity index (χ4n) is 5.96. The number of rotatable bonds is 9. The Morgan fingerprint density at radius 3 is 1.49 bits per heavy atom. The van der Waals surface area contributed by atoms with Crippen LogP contribution in [0.2, 0.25) is 10.0 Å². The molecule has 4 aromatic carbocycles. The summed E-state index contributed by atoms with van der Waals surface area (Å²) in [6.45, 7) is -0.532. The molecule has 0 aliphatic rings. The van der Waals surface area contributed by atoms with Crippen LogP contribution in [0.1, 0.15) is 33.2 Å². The summed E-state index contributed by atoms with van der Waals surface area (Å²) in [6.07, 6.45) is -7.77. The molecule has 0 radical (unpaired) electrons. The SMILES string of the molecule is C.C.CC(=O)O.COC(O)O.Nc1c(-c2c(F)cccc2Cl)noc1-c1cn(-c2cccc(F)c2)nc1C(F)(F)F.O=CNc1c(-c2c(F)cccc2Cl)noc1-c1cn(-c2cccc(F)c2)nc1C(F)(F)F. The van der Waals surface area contributed by atoms with E-state index in [-0.39, 0.29) is 76.6 Å². The number of halogens is 12. The lowest BCUT2D eigenvalue weighted by atomic mass is 10.1. The average Bonchev–Trinajstić information content (AvgIpc) is 4.10. The number of carbonyl (C=O) groups excluding carboxylic acids is 1. The number of methoxy groups -OCH3 is 1. The number of aromatic nitrogens is 6. The molecular weight excluding hydrogens is 1040 g/mol. The second-order valence-electron chi connectivity index (χ2n) is 13.7. The zero-order valence-corrected chi connectivity index (χ0v) is 37.1. The van der Waals surface area contributed by atoms with Gasteiger partial charge in [0.2, 0.25) is 6.41 Å². The van der Waals surface area contributed by atoms with Crippen molar-refractivity contribution in [3.05, 3.63) is 142 Å². The summed E-state index contributed by atoms with van der Waals surface area (Å²) in [5.74, 6) is -4.81. The molecule has 8 rings (SSSR count). The third-order valence-corrected chi connectivity index (χ3v) is 9.46. The van der Waals surface area contributed by atoms with Gasteiger partial charge in [0.05, 0.1) is 43.7 Å². The number of carboxylic acids is 1. The first kappa shape index (κ1) is 59.5. The minimum atomic E-state index is -4.95. The van der Waals surface area contributed by atoms with Crippen molar-refractivity contribution in [1.82, 2.24) is 29.9 Å². The van der Waals surface area contributed by atoms with Crippen molar-refractivity contribution in [3.63, 3.8) is 0 Å². The van der Waals surface area contributed by atoms with E-state index in [4.69, 9.17) is 58.1 Å². The predicted octanol–water partition coefficient (Wildman–Crippen LogP) is 11.7. The highest BCUT2D eigenvalue weighted by molar-refractivity contribution is 6.34. The van der Waals surface area contributed by atoms with Gasteiger partial charge in [-0.1, -0.05) is 72.6 Å². The molecule has 73 heavy (non-hydrogen) atoms. The van der Waals surface area contributed by atoms with E-state index in [0.717, 1.165) is 65.1 Å². The van der Waals surface area contributed by atoms with E-state index in [1.165, 1.54) is 55.6 Å². The quantitative estimate of drug-likeness (QED) is 0.0515. The van der Waals surface area contributed by atoms with Gasteiger partial charge >= 0.3 is 12.4 Å². The molecule has 4 heterocycles. The van der Waals surface area contributed by atoms with Crippen molar-refractivity contribution in [3.8, 4) is 56.5 Å². The Bertz CT molecular complexity index is 3110. The summed E-state index contributed by atoms with van der Waals surface area (Å²) in [7, 11) is 1.20. The van der Waals surface area contributed by atoms with Crippen molar-refractivity contribution >= 4 is 47.0 Å².